The standard InChI is InChI=1S/C21H23N3O7S2/c1-12-20(22-13(2)25)16(31-23-12)8-6-15-7-9-19(32-15)33(26,27)24-14-10-17(28-3)21(30-5)18(11-14)29-4/h6-11,24H,1-5H3,(H,22,25). The molecular weight excluding hydrogens is 470 g/mol. The van der Waals surface area contributed by atoms with E-state index in [4.69, 9.17) is 18.7 Å². The molecule has 12 heteroatoms. The number of carbonyl (C=O) groups excluding carboxylic acids is 1. The lowest BCUT2D eigenvalue weighted by molar-refractivity contribution is -0.114. The summed E-state index contributed by atoms with van der Waals surface area (Å²) in [4.78, 5) is 12.0. The molecular formula is C21H23N3O7S2. The van der Waals surface area contributed by atoms with Gasteiger partial charge in [-0.3, -0.25) is 9.52 Å². The fraction of sp³-hybridized carbons (Fsp3) is 0.238. The third kappa shape index (κ3) is 5.46. The number of methoxy groups -OCH3 is 3. The first-order chi connectivity index (χ1) is 15.7. The van der Waals surface area contributed by atoms with Gasteiger partial charge in [0.15, 0.2) is 17.3 Å². The van der Waals surface area contributed by atoms with E-state index in [-0.39, 0.29) is 15.8 Å². The van der Waals surface area contributed by atoms with E-state index in [2.05, 4.69) is 15.2 Å². The topological polar surface area (TPSA) is 129 Å². The second-order valence-corrected chi connectivity index (χ2v) is 9.72. The molecule has 0 fully saturated rings. The number of anilines is 2. The first-order valence-electron chi connectivity index (χ1n) is 9.53. The monoisotopic (exact) mass is 493 g/mol. The molecule has 0 atom stereocenters. The number of hydrogen-bond acceptors (Lipinski definition) is 9. The Hall–Kier alpha value is -3.51. The molecule has 0 unspecified atom stereocenters. The number of hydrogen-bond donors (Lipinski definition) is 2. The van der Waals surface area contributed by atoms with Crippen molar-refractivity contribution < 1.29 is 31.9 Å². The van der Waals surface area contributed by atoms with Crippen molar-refractivity contribution in [1.29, 1.82) is 0 Å². The Morgan fingerprint density at radius 1 is 1.09 bits per heavy atom. The number of nitrogens with zero attached hydrogens (tertiary/aromatic N) is 1. The van der Waals surface area contributed by atoms with E-state index in [1.165, 1.54) is 46.5 Å². The summed E-state index contributed by atoms with van der Waals surface area (Å²) in [6.45, 7) is 3.09. The van der Waals surface area contributed by atoms with Crippen LogP contribution < -0.4 is 24.2 Å². The maximum absolute atomic E-state index is 12.9. The number of rotatable bonds is 9. The molecule has 1 amide bonds. The zero-order chi connectivity index (χ0) is 24.2. The van der Waals surface area contributed by atoms with Crippen molar-refractivity contribution in [2.45, 2.75) is 18.1 Å². The van der Waals surface area contributed by atoms with Gasteiger partial charge >= 0.3 is 0 Å². The zero-order valence-electron chi connectivity index (χ0n) is 18.6. The number of aromatic nitrogens is 1. The van der Waals surface area contributed by atoms with E-state index >= 15 is 0 Å². The number of nitrogens with one attached hydrogen (secondary N) is 2. The molecule has 3 aromatic rings. The summed E-state index contributed by atoms with van der Waals surface area (Å²) < 4.78 is 49.5. The Bertz CT molecular complexity index is 1270. The average molecular weight is 494 g/mol. The summed E-state index contributed by atoms with van der Waals surface area (Å²) in [6.07, 6.45) is 3.29. The largest absolute Gasteiger partial charge is 0.493 e. The van der Waals surface area contributed by atoms with Gasteiger partial charge < -0.3 is 24.1 Å². The highest BCUT2D eigenvalue weighted by atomic mass is 32.2. The molecule has 176 valence electrons. The van der Waals surface area contributed by atoms with Crippen molar-refractivity contribution in [3.8, 4) is 17.2 Å². The van der Waals surface area contributed by atoms with Gasteiger partial charge in [0.1, 0.15) is 15.6 Å². The second-order valence-electron chi connectivity index (χ2n) is 6.70. The van der Waals surface area contributed by atoms with E-state index < -0.39 is 10.0 Å². The molecule has 0 bridgehead atoms. The molecule has 0 saturated carbocycles. The van der Waals surface area contributed by atoms with Crippen LogP contribution in [0.3, 0.4) is 0 Å². The quantitative estimate of drug-likeness (QED) is 0.458. The molecule has 0 radical (unpaired) electrons. The molecule has 0 aliphatic heterocycles. The first-order valence-corrected chi connectivity index (χ1v) is 11.8. The second kappa shape index (κ2) is 9.96. The van der Waals surface area contributed by atoms with Gasteiger partial charge in [-0.15, -0.1) is 11.3 Å². The molecule has 3 rings (SSSR count). The van der Waals surface area contributed by atoms with Crippen LogP contribution in [0.4, 0.5) is 11.4 Å². The number of sulfonamides is 1. The van der Waals surface area contributed by atoms with Crippen molar-refractivity contribution >= 4 is 50.8 Å². The van der Waals surface area contributed by atoms with Gasteiger partial charge in [-0.1, -0.05) is 5.16 Å². The highest BCUT2D eigenvalue weighted by Crippen LogP contribution is 2.40. The van der Waals surface area contributed by atoms with Crippen LogP contribution in [-0.4, -0.2) is 40.8 Å². The summed E-state index contributed by atoms with van der Waals surface area (Å²) in [6, 6.07) is 6.16. The number of ether oxygens (including phenoxy) is 3. The number of thiophene rings is 1. The highest BCUT2D eigenvalue weighted by molar-refractivity contribution is 7.94. The minimum absolute atomic E-state index is 0.103. The maximum Gasteiger partial charge on any atom is 0.271 e. The minimum Gasteiger partial charge on any atom is -0.493 e. The Morgan fingerprint density at radius 2 is 1.76 bits per heavy atom. The Labute approximate surface area is 195 Å². The van der Waals surface area contributed by atoms with Crippen molar-refractivity contribution in [2.75, 3.05) is 31.4 Å². The third-order valence-electron chi connectivity index (χ3n) is 4.37. The van der Waals surface area contributed by atoms with Crippen LogP contribution in [0.15, 0.2) is 33.0 Å². The van der Waals surface area contributed by atoms with Crippen LogP contribution in [0.1, 0.15) is 23.3 Å². The van der Waals surface area contributed by atoms with Crippen molar-refractivity contribution in [3.05, 3.63) is 40.6 Å². The van der Waals surface area contributed by atoms with E-state index in [1.807, 2.05) is 0 Å². The molecule has 1 aromatic carbocycles. The van der Waals surface area contributed by atoms with Gasteiger partial charge in [0, 0.05) is 23.9 Å². The summed E-state index contributed by atoms with van der Waals surface area (Å²) in [5, 5.41) is 6.50. The number of carbonyl (C=O) groups is 1. The molecule has 33 heavy (non-hydrogen) atoms. The molecule has 0 aliphatic carbocycles. The Morgan fingerprint density at radius 3 is 2.33 bits per heavy atom. The fourth-order valence-corrected chi connectivity index (χ4v) is 5.17. The van der Waals surface area contributed by atoms with E-state index in [9.17, 15) is 13.2 Å². The SMILES string of the molecule is COc1cc(NS(=O)(=O)c2ccc(C=Cc3onc(C)c3NC(C)=O)s2)cc(OC)c1OC. The summed E-state index contributed by atoms with van der Waals surface area (Å²) in [5.41, 5.74) is 1.26. The smallest absolute Gasteiger partial charge is 0.271 e. The Kier molecular flexibility index (Phi) is 7.29. The van der Waals surface area contributed by atoms with Gasteiger partial charge in [0.25, 0.3) is 10.0 Å². The lowest BCUT2D eigenvalue weighted by Gasteiger charge is -2.14. The van der Waals surface area contributed by atoms with Crippen LogP contribution in [0.2, 0.25) is 0 Å². The molecule has 10 nitrogen and oxygen atoms in total. The van der Waals surface area contributed by atoms with E-state index in [0.717, 1.165) is 11.3 Å². The normalized spacial score (nSPS) is 11.4. The van der Waals surface area contributed by atoms with Crippen molar-refractivity contribution in [1.82, 2.24) is 5.16 Å². The van der Waals surface area contributed by atoms with Crippen LogP contribution in [0.25, 0.3) is 12.2 Å². The van der Waals surface area contributed by atoms with Gasteiger partial charge in [0.2, 0.25) is 11.7 Å². The lowest BCUT2D eigenvalue weighted by Crippen LogP contribution is -2.11. The highest BCUT2D eigenvalue weighted by Gasteiger charge is 2.20. The first kappa shape index (κ1) is 24.1. The molecule has 0 spiro atoms. The summed E-state index contributed by atoms with van der Waals surface area (Å²) >= 11 is 1.06. The zero-order valence-corrected chi connectivity index (χ0v) is 20.2. The Balaban J connectivity index is 1.83. The van der Waals surface area contributed by atoms with Crippen LogP contribution >= 0.6 is 11.3 Å². The van der Waals surface area contributed by atoms with Crippen molar-refractivity contribution in [2.24, 2.45) is 0 Å². The predicted octanol–water partition coefficient (Wildman–Crippen LogP) is 4.00. The molecule has 0 aliphatic rings. The van der Waals surface area contributed by atoms with Gasteiger partial charge in [-0.05, 0) is 31.2 Å². The molecule has 2 N–H and O–H groups in total. The molecule has 2 aromatic heterocycles. The fourth-order valence-electron chi connectivity index (χ4n) is 2.90. The maximum atomic E-state index is 12.9. The number of amides is 1. The van der Waals surface area contributed by atoms with Crippen molar-refractivity contribution in [3.63, 3.8) is 0 Å². The van der Waals surface area contributed by atoms with E-state index in [0.29, 0.717) is 39.3 Å². The van der Waals surface area contributed by atoms with Crippen LogP contribution in [-0.2, 0) is 14.8 Å². The molecule has 0 saturated heterocycles. The summed E-state index contributed by atoms with van der Waals surface area (Å²) in [5.74, 6) is 1.10. The van der Waals surface area contributed by atoms with Crippen LogP contribution in [0.5, 0.6) is 17.2 Å². The predicted molar refractivity (Wildman–Crippen MR) is 126 cm³/mol. The van der Waals surface area contributed by atoms with Gasteiger partial charge in [0.05, 0.1) is 27.0 Å². The number of aryl methyl sites for hydroxylation is 1. The van der Waals surface area contributed by atoms with E-state index in [1.54, 1.807) is 25.1 Å². The third-order valence-corrected chi connectivity index (χ3v) is 7.30. The molecule has 2 heterocycles. The van der Waals surface area contributed by atoms with Gasteiger partial charge in [-0.2, -0.15) is 0 Å². The lowest BCUT2D eigenvalue weighted by atomic mass is 10.2. The minimum atomic E-state index is -3.88. The van der Waals surface area contributed by atoms with Gasteiger partial charge in [-0.25, -0.2) is 8.42 Å². The number of benzene rings is 1. The average Bonchev–Trinajstić information content (AvgIpc) is 3.39. The summed E-state index contributed by atoms with van der Waals surface area (Å²) in [7, 11) is 0.478. The van der Waals surface area contributed by atoms with Crippen LogP contribution in [0, 0.1) is 6.92 Å².